The molecule has 10 heteroatoms. The van der Waals surface area contributed by atoms with Crippen LogP contribution in [0.4, 0.5) is 5.69 Å². The molecule has 0 spiro atoms. The fourth-order valence-electron chi connectivity index (χ4n) is 4.35. The molecule has 0 radical (unpaired) electrons. The molecule has 2 N–H and O–H groups in total. The summed E-state index contributed by atoms with van der Waals surface area (Å²) in [6.07, 6.45) is 1.15. The third-order valence-corrected chi connectivity index (χ3v) is 8.88. The van der Waals surface area contributed by atoms with Crippen molar-refractivity contribution in [2.45, 2.75) is 50.7 Å². The molecule has 1 fully saturated rings. The van der Waals surface area contributed by atoms with Crippen LogP contribution >= 0.6 is 0 Å². The zero-order chi connectivity index (χ0) is 26.9. The third kappa shape index (κ3) is 5.97. The third-order valence-electron chi connectivity index (χ3n) is 7.05. The zero-order valence-electron chi connectivity index (χ0n) is 21.7. The molecule has 3 atom stereocenters. The molecular formula is C27H35N3O6S. The van der Waals surface area contributed by atoms with E-state index in [9.17, 15) is 23.1 Å². The van der Waals surface area contributed by atoms with Crippen molar-refractivity contribution in [2.75, 3.05) is 32.1 Å². The first-order valence-electron chi connectivity index (χ1n) is 12.6. The molecule has 2 aromatic carbocycles. The number of likely N-dealkylation sites (N-methyl/N-ethyl adjacent to an activating group) is 1. The number of amides is 2. The lowest BCUT2D eigenvalue weighted by Gasteiger charge is -2.38. The molecule has 1 aliphatic carbocycles. The van der Waals surface area contributed by atoms with Crippen molar-refractivity contribution in [3.63, 3.8) is 0 Å². The number of hydrogen-bond donors (Lipinski definition) is 2. The molecule has 200 valence electrons. The summed E-state index contributed by atoms with van der Waals surface area (Å²) in [6, 6.07) is 11.1. The van der Waals surface area contributed by atoms with E-state index in [0.717, 1.165) is 18.4 Å². The van der Waals surface area contributed by atoms with Crippen molar-refractivity contribution in [1.82, 2.24) is 9.21 Å². The van der Waals surface area contributed by atoms with Gasteiger partial charge in [0.05, 0.1) is 29.7 Å². The number of aliphatic hydroxyl groups is 1. The number of sulfonamides is 1. The molecule has 4 rings (SSSR count). The van der Waals surface area contributed by atoms with E-state index in [4.69, 9.17) is 4.74 Å². The first-order valence-corrected chi connectivity index (χ1v) is 14.0. The van der Waals surface area contributed by atoms with Crippen molar-refractivity contribution in [2.24, 2.45) is 11.8 Å². The van der Waals surface area contributed by atoms with Gasteiger partial charge < -0.3 is 20.1 Å². The molecular weight excluding hydrogens is 494 g/mol. The number of ether oxygens (including phenoxy) is 1. The van der Waals surface area contributed by atoms with Crippen LogP contribution in [0.25, 0.3) is 0 Å². The monoisotopic (exact) mass is 529 g/mol. The Morgan fingerprint density at radius 2 is 1.89 bits per heavy atom. The SMILES string of the molecule is Cc1ccc(S(=O)(=O)N(C)C[C@H]2Oc3ccc(NC(=O)C4CC4)cc3C(=O)N([C@H](C)CO)C[C@@H]2C)cc1. The predicted octanol–water partition coefficient (Wildman–Crippen LogP) is 2.88. The maximum atomic E-state index is 13.5. The Balaban J connectivity index is 1.64. The van der Waals surface area contributed by atoms with Crippen LogP contribution in [0.2, 0.25) is 0 Å². The standard InChI is InChI=1S/C27H35N3O6S/c1-17-5-10-22(11-6-17)37(34,35)29(4)15-25-18(2)14-30(19(3)16-31)27(33)23-13-21(9-12-24(23)36-25)28-26(32)20-7-8-20/h5-6,9-13,18-20,25,31H,7-8,14-16H2,1-4H3,(H,28,32)/t18-,19+,25+/m0/s1. The van der Waals surface area contributed by atoms with Gasteiger partial charge in [-0.15, -0.1) is 0 Å². The average molecular weight is 530 g/mol. The van der Waals surface area contributed by atoms with Gasteiger partial charge in [-0.05, 0) is 57.0 Å². The van der Waals surface area contributed by atoms with E-state index in [1.165, 1.54) is 11.4 Å². The highest BCUT2D eigenvalue weighted by atomic mass is 32.2. The second kappa shape index (κ2) is 10.8. The number of aryl methyl sites for hydroxylation is 1. The lowest BCUT2D eigenvalue weighted by Crippen LogP contribution is -2.50. The molecule has 2 amide bonds. The Morgan fingerprint density at radius 3 is 2.51 bits per heavy atom. The smallest absolute Gasteiger partial charge is 0.258 e. The molecule has 2 aliphatic rings. The number of nitrogens with one attached hydrogen (secondary N) is 1. The molecule has 0 unspecified atom stereocenters. The second-order valence-electron chi connectivity index (χ2n) is 10.2. The van der Waals surface area contributed by atoms with Crippen LogP contribution in [-0.4, -0.2) is 73.4 Å². The number of rotatable bonds is 8. The molecule has 0 aromatic heterocycles. The van der Waals surface area contributed by atoms with Crippen LogP contribution in [-0.2, 0) is 14.8 Å². The van der Waals surface area contributed by atoms with Crippen LogP contribution in [0.1, 0.15) is 42.6 Å². The number of aliphatic hydroxyl groups excluding tert-OH is 1. The van der Waals surface area contributed by atoms with Crippen LogP contribution in [0.15, 0.2) is 47.4 Å². The van der Waals surface area contributed by atoms with Gasteiger partial charge in [-0.2, -0.15) is 4.31 Å². The number of carbonyl (C=O) groups is 2. The summed E-state index contributed by atoms with van der Waals surface area (Å²) in [4.78, 5) is 27.6. The van der Waals surface area contributed by atoms with Gasteiger partial charge in [-0.3, -0.25) is 9.59 Å². The van der Waals surface area contributed by atoms with Gasteiger partial charge in [0.15, 0.2) is 0 Å². The van der Waals surface area contributed by atoms with Crippen molar-refractivity contribution >= 4 is 27.5 Å². The molecule has 1 heterocycles. The molecule has 0 saturated heterocycles. The van der Waals surface area contributed by atoms with Gasteiger partial charge >= 0.3 is 0 Å². The first kappa shape index (κ1) is 27.1. The normalized spacial score (nSPS) is 21.0. The van der Waals surface area contributed by atoms with Crippen LogP contribution in [0.5, 0.6) is 5.75 Å². The fourth-order valence-corrected chi connectivity index (χ4v) is 5.53. The van der Waals surface area contributed by atoms with E-state index < -0.39 is 22.2 Å². The van der Waals surface area contributed by atoms with Crippen LogP contribution < -0.4 is 10.1 Å². The van der Waals surface area contributed by atoms with Gasteiger partial charge in [-0.1, -0.05) is 24.6 Å². The minimum Gasteiger partial charge on any atom is -0.488 e. The fraction of sp³-hybridized carbons (Fsp3) is 0.481. The van der Waals surface area contributed by atoms with Gasteiger partial charge in [0, 0.05) is 31.1 Å². The summed E-state index contributed by atoms with van der Waals surface area (Å²) in [5.41, 5.74) is 1.72. The lowest BCUT2D eigenvalue weighted by atomic mass is 9.99. The zero-order valence-corrected chi connectivity index (χ0v) is 22.5. The van der Waals surface area contributed by atoms with Gasteiger partial charge in [0.2, 0.25) is 15.9 Å². The highest BCUT2D eigenvalue weighted by Crippen LogP contribution is 2.33. The predicted molar refractivity (Wildman–Crippen MR) is 140 cm³/mol. The number of hydrogen-bond acceptors (Lipinski definition) is 6. The highest BCUT2D eigenvalue weighted by molar-refractivity contribution is 7.89. The number of benzene rings is 2. The quantitative estimate of drug-likeness (QED) is 0.543. The molecule has 1 aliphatic heterocycles. The van der Waals surface area contributed by atoms with E-state index in [0.29, 0.717) is 11.4 Å². The molecule has 0 bridgehead atoms. The number of anilines is 1. The summed E-state index contributed by atoms with van der Waals surface area (Å²) >= 11 is 0. The number of fused-ring (bicyclic) bond motifs is 1. The maximum Gasteiger partial charge on any atom is 0.258 e. The van der Waals surface area contributed by atoms with Crippen molar-refractivity contribution < 1.29 is 27.9 Å². The summed E-state index contributed by atoms with van der Waals surface area (Å²) < 4.78 is 34.0. The van der Waals surface area contributed by atoms with Crippen molar-refractivity contribution in [3.05, 3.63) is 53.6 Å². The van der Waals surface area contributed by atoms with E-state index >= 15 is 0 Å². The van der Waals surface area contributed by atoms with Gasteiger partial charge in [-0.25, -0.2) is 8.42 Å². The van der Waals surface area contributed by atoms with Crippen molar-refractivity contribution in [3.8, 4) is 5.75 Å². The van der Waals surface area contributed by atoms with Crippen molar-refractivity contribution in [1.29, 1.82) is 0 Å². The second-order valence-corrected chi connectivity index (χ2v) is 12.2. The number of carbonyl (C=O) groups excluding carboxylic acids is 2. The largest absolute Gasteiger partial charge is 0.488 e. The number of nitrogens with zero attached hydrogens (tertiary/aromatic N) is 2. The van der Waals surface area contributed by atoms with E-state index in [2.05, 4.69) is 5.32 Å². The summed E-state index contributed by atoms with van der Waals surface area (Å²) in [5, 5.41) is 12.7. The molecule has 2 aromatic rings. The van der Waals surface area contributed by atoms with Gasteiger partial charge in [0.25, 0.3) is 5.91 Å². The molecule has 1 saturated carbocycles. The van der Waals surface area contributed by atoms with E-state index in [1.54, 1.807) is 54.3 Å². The van der Waals surface area contributed by atoms with E-state index in [-0.39, 0.29) is 53.8 Å². The van der Waals surface area contributed by atoms with Crippen LogP contribution in [0.3, 0.4) is 0 Å². The molecule has 37 heavy (non-hydrogen) atoms. The lowest BCUT2D eigenvalue weighted by molar-refractivity contribution is -0.117. The Kier molecular flexibility index (Phi) is 7.91. The minimum absolute atomic E-state index is 0.0103. The van der Waals surface area contributed by atoms with Crippen LogP contribution in [0, 0.1) is 18.8 Å². The first-order chi connectivity index (χ1) is 17.5. The summed E-state index contributed by atoms with van der Waals surface area (Å²) in [5.74, 6) is -0.312. The highest BCUT2D eigenvalue weighted by Gasteiger charge is 2.36. The average Bonchev–Trinajstić information content (AvgIpc) is 3.72. The van der Waals surface area contributed by atoms with E-state index in [1.807, 2.05) is 13.8 Å². The minimum atomic E-state index is -3.76. The van der Waals surface area contributed by atoms with Gasteiger partial charge in [0.1, 0.15) is 11.9 Å². The maximum absolute atomic E-state index is 13.5. The Bertz CT molecular complexity index is 1260. The Morgan fingerprint density at radius 1 is 1.22 bits per heavy atom. The summed E-state index contributed by atoms with van der Waals surface area (Å²) in [7, 11) is -2.24. The molecule has 9 nitrogen and oxygen atoms in total. The summed E-state index contributed by atoms with van der Waals surface area (Å²) in [6.45, 7) is 5.66. The Hall–Kier alpha value is -2.95. The topological polar surface area (TPSA) is 116 Å². The Labute approximate surface area is 218 Å².